The van der Waals surface area contributed by atoms with E-state index in [9.17, 15) is 4.79 Å². The van der Waals surface area contributed by atoms with E-state index in [1.165, 1.54) is 0 Å². The first-order valence-corrected chi connectivity index (χ1v) is 5.53. The summed E-state index contributed by atoms with van der Waals surface area (Å²) in [5.74, 6) is -0.0701. The molecule has 3 heteroatoms. The Morgan fingerprint density at radius 3 is 2.25 bits per heavy atom. The molecular formula is C13H19NO2. The quantitative estimate of drug-likeness (QED) is 0.793. The Morgan fingerprint density at radius 1 is 1.19 bits per heavy atom. The number of hydrogen-bond donors (Lipinski definition) is 1. The molecule has 0 saturated heterocycles. The molecule has 16 heavy (non-hydrogen) atoms. The standard InChI is InChI=1S/C13H19NO2/c1-9(2)10(3)16-13(15)12(14)11-7-5-4-6-8-11/h4-10,12H,14H2,1-3H3. The second kappa shape index (κ2) is 5.66. The zero-order valence-corrected chi connectivity index (χ0v) is 10.0. The molecule has 1 rings (SSSR count). The molecule has 0 radical (unpaired) electrons. The van der Waals surface area contributed by atoms with E-state index in [2.05, 4.69) is 0 Å². The minimum Gasteiger partial charge on any atom is -0.461 e. The van der Waals surface area contributed by atoms with Gasteiger partial charge >= 0.3 is 5.97 Å². The molecule has 0 amide bonds. The van der Waals surface area contributed by atoms with Crippen molar-refractivity contribution in [2.24, 2.45) is 11.7 Å². The minimum absolute atomic E-state index is 0.109. The lowest BCUT2D eigenvalue weighted by atomic mass is 10.1. The molecule has 0 aliphatic heterocycles. The Labute approximate surface area is 96.6 Å². The van der Waals surface area contributed by atoms with Crippen LogP contribution in [-0.2, 0) is 9.53 Å². The Hall–Kier alpha value is -1.35. The van der Waals surface area contributed by atoms with Gasteiger partial charge in [0.2, 0.25) is 0 Å². The van der Waals surface area contributed by atoms with Gasteiger partial charge in [0, 0.05) is 0 Å². The maximum absolute atomic E-state index is 11.7. The predicted octanol–water partition coefficient (Wildman–Crippen LogP) is 2.27. The monoisotopic (exact) mass is 221 g/mol. The Kier molecular flexibility index (Phi) is 4.50. The van der Waals surface area contributed by atoms with Crippen molar-refractivity contribution < 1.29 is 9.53 Å². The molecule has 0 spiro atoms. The van der Waals surface area contributed by atoms with Crippen LogP contribution >= 0.6 is 0 Å². The van der Waals surface area contributed by atoms with Crippen molar-refractivity contribution in [3.05, 3.63) is 35.9 Å². The van der Waals surface area contributed by atoms with Gasteiger partial charge in [-0.15, -0.1) is 0 Å². The molecule has 0 bridgehead atoms. The molecule has 2 atom stereocenters. The van der Waals surface area contributed by atoms with Crippen LogP contribution in [0.15, 0.2) is 30.3 Å². The third-order valence-corrected chi connectivity index (χ3v) is 2.65. The number of nitrogens with two attached hydrogens (primary N) is 1. The van der Waals surface area contributed by atoms with Crippen molar-refractivity contribution in [3.8, 4) is 0 Å². The normalized spacial score (nSPS) is 14.6. The smallest absolute Gasteiger partial charge is 0.327 e. The zero-order chi connectivity index (χ0) is 12.1. The van der Waals surface area contributed by atoms with Crippen molar-refractivity contribution in [2.75, 3.05) is 0 Å². The fraction of sp³-hybridized carbons (Fsp3) is 0.462. The van der Waals surface area contributed by atoms with E-state index in [0.717, 1.165) is 5.56 Å². The maximum Gasteiger partial charge on any atom is 0.327 e. The fourth-order valence-corrected chi connectivity index (χ4v) is 1.19. The molecule has 0 aliphatic rings. The van der Waals surface area contributed by atoms with Crippen molar-refractivity contribution in [3.63, 3.8) is 0 Å². The number of rotatable bonds is 4. The van der Waals surface area contributed by atoms with E-state index in [1.807, 2.05) is 51.1 Å². The van der Waals surface area contributed by atoms with Crippen LogP contribution in [0.3, 0.4) is 0 Å². The number of carbonyl (C=O) groups excluding carboxylic acids is 1. The molecule has 88 valence electrons. The highest BCUT2D eigenvalue weighted by atomic mass is 16.5. The average Bonchev–Trinajstić information content (AvgIpc) is 2.28. The van der Waals surface area contributed by atoms with Crippen molar-refractivity contribution in [1.82, 2.24) is 0 Å². The van der Waals surface area contributed by atoms with Crippen LogP contribution in [0.5, 0.6) is 0 Å². The second-order valence-corrected chi connectivity index (χ2v) is 4.27. The van der Waals surface area contributed by atoms with Crippen molar-refractivity contribution in [2.45, 2.75) is 32.9 Å². The van der Waals surface area contributed by atoms with E-state index in [1.54, 1.807) is 0 Å². The first kappa shape index (κ1) is 12.7. The van der Waals surface area contributed by atoms with Crippen LogP contribution in [0.2, 0.25) is 0 Å². The van der Waals surface area contributed by atoms with Crippen molar-refractivity contribution >= 4 is 5.97 Å². The summed E-state index contributed by atoms with van der Waals surface area (Å²) < 4.78 is 5.26. The second-order valence-electron chi connectivity index (χ2n) is 4.27. The topological polar surface area (TPSA) is 52.3 Å². The summed E-state index contributed by atoms with van der Waals surface area (Å²) in [6, 6.07) is 8.56. The molecule has 0 saturated carbocycles. The summed E-state index contributed by atoms with van der Waals surface area (Å²) in [6.07, 6.45) is -0.109. The van der Waals surface area contributed by atoms with E-state index >= 15 is 0 Å². The lowest BCUT2D eigenvalue weighted by Crippen LogP contribution is -2.29. The van der Waals surface area contributed by atoms with Gasteiger partial charge in [-0.2, -0.15) is 0 Å². The summed E-state index contributed by atoms with van der Waals surface area (Å²) in [7, 11) is 0. The molecule has 1 aromatic carbocycles. The minimum atomic E-state index is -0.692. The molecule has 2 N–H and O–H groups in total. The van der Waals surface area contributed by atoms with Gasteiger partial charge in [0.15, 0.2) is 0 Å². The van der Waals surface area contributed by atoms with Gasteiger partial charge in [0.1, 0.15) is 12.1 Å². The Morgan fingerprint density at radius 2 is 1.75 bits per heavy atom. The lowest BCUT2D eigenvalue weighted by Gasteiger charge is -2.19. The highest BCUT2D eigenvalue weighted by Gasteiger charge is 2.20. The number of carbonyl (C=O) groups is 1. The SMILES string of the molecule is CC(C)C(C)OC(=O)C(N)c1ccccc1. The van der Waals surface area contributed by atoms with E-state index in [0.29, 0.717) is 5.92 Å². The number of esters is 1. The van der Waals surface area contributed by atoms with Crippen LogP contribution in [0.25, 0.3) is 0 Å². The first-order chi connectivity index (χ1) is 7.52. The van der Waals surface area contributed by atoms with Gasteiger partial charge in [-0.05, 0) is 18.4 Å². The molecule has 1 aromatic rings. The summed E-state index contributed by atoms with van der Waals surface area (Å²) in [4.78, 5) is 11.7. The summed E-state index contributed by atoms with van der Waals surface area (Å²) in [5, 5.41) is 0. The van der Waals surface area contributed by atoms with Gasteiger partial charge in [-0.1, -0.05) is 44.2 Å². The highest BCUT2D eigenvalue weighted by molar-refractivity contribution is 5.77. The van der Waals surface area contributed by atoms with Gasteiger partial charge in [0.25, 0.3) is 0 Å². The molecular weight excluding hydrogens is 202 g/mol. The van der Waals surface area contributed by atoms with Gasteiger partial charge < -0.3 is 10.5 Å². The largest absolute Gasteiger partial charge is 0.461 e. The maximum atomic E-state index is 11.7. The molecule has 0 aromatic heterocycles. The van der Waals surface area contributed by atoms with E-state index < -0.39 is 6.04 Å². The van der Waals surface area contributed by atoms with Crippen LogP contribution in [0, 0.1) is 5.92 Å². The van der Waals surface area contributed by atoms with E-state index in [-0.39, 0.29) is 12.1 Å². The fourth-order valence-electron chi connectivity index (χ4n) is 1.19. The van der Waals surface area contributed by atoms with Crippen LogP contribution < -0.4 is 5.73 Å². The number of ether oxygens (including phenoxy) is 1. The third kappa shape index (κ3) is 3.35. The van der Waals surface area contributed by atoms with Crippen LogP contribution in [0.1, 0.15) is 32.4 Å². The molecule has 0 fully saturated rings. The zero-order valence-electron chi connectivity index (χ0n) is 10.0. The van der Waals surface area contributed by atoms with Crippen molar-refractivity contribution in [1.29, 1.82) is 0 Å². The number of hydrogen-bond acceptors (Lipinski definition) is 3. The molecule has 0 aliphatic carbocycles. The summed E-state index contributed by atoms with van der Waals surface area (Å²) in [6.45, 7) is 5.89. The Balaban J connectivity index is 2.62. The highest BCUT2D eigenvalue weighted by Crippen LogP contribution is 2.14. The molecule has 3 nitrogen and oxygen atoms in total. The van der Waals surface area contributed by atoms with Gasteiger partial charge in [0.05, 0.1) is 0 Å². The lowest BCUT2D eigenvalue weighted by molar-refractivity contribution is -0.152. The van der Waals surface area contributed by atoms with Crippen LogP contribution in [-0.4, -0.2) is 12.1 Å². The number of benzene rings is 1. The first-order valence-electron chi connectivity index (χ1n) is 5.53. The third-order valence-electron chi connectivity index (χ3n) is 2.65. The van der Waals surface area contributed by atoms with Gasteiger partial charge in [-0.3, -0.25) is 0 Å². The average molecular weight is 221 g/mol. The van der Waals surface area contributed by atoms with E-state index in [4.69, 9.17) is 10.5 Å². The van der Waals surface area contributed by atoms with Crippen LogP contribution in [0.4, 0.5) is 0 Å². The predicted molar refractivity (Wildman–Crippen MR) is 63.8 cm³/mol. The molecule has 0 heterocycles. The van der Waals surface area contributed by atoms with Gasteiger partial charge in [-0.25, -0.2) is 4.79 Å². The molecule has 2 unspecified atom stereocenters. The summed E-state index contributed by atoms with van der Waals surface area (Å²) in [5.41, 5.74) is 6.59. The Bertz CT molecular complexity index is 335. The summed E-state index contributed by atoms with van der Waals surface area (Å²) >= 11 is 0.